The second kappa shape index (κ2) is 7.24. The Hall–Kier alpha value is -2.40. The summed E-state index contributed by atoms with van der Waals surface area (Å²) in [6.45, 7) is 4.54. The molecule has 0 aliphatic rings. The van der Waals surface area contributed by atoms with Crippen LogP contribution >= 0.6 is 11.6 Å². The van der Waals surface area contributed by atoms with Crippen molar-refractivity contribution in [2.75, 3.05) is 0 Å². The predicted octanol–water partition coefficient (Wildman–Crippen LogP) is 4.30. The lowest BCUT2D eigenvalue weighted by molar-refractivity contribution is -0.384. The topological polar surface area (TPSA) is 72.2 Å². The van der Waals surface area contributed by atoms with Crippen molar-refractivity contribution in [1.82, 2.24) is 5.32 Å². The lowest BCUT2D eigenvalue weighted by atomic mass is 9.97. The summed E-state index contributed by atoms with van der Waals surface area (Å²) >= 11 is 5.75. The van der Waals surface area contributed by atoms with E-state index in [1.54, 1.807) is 0 Å². The molecule has 2 aromatic carbocycles. The Morgan fingerprint density at radius 1 is 1.26 bits per heavy atom. The Morgan fingerprint density at radius 3 is 2.61 bits per heavy atom. The summed E-state index contributed by atoms with van der Waals surface area (Å²) in [4.78, 5) is 22.5. The Labute approximate surface area is 139 Å². The zero-order valence-electron chi connectivity index (χ0n) is 12.9. The molecule has 2 aromatic rings. The van der Waals surface area contributed by atoms with Crippen LogP contribution in [0.3, 0.4) is 0 Å². The maximum absolute atomic E-state index is 12.2. The molecule has 0 aromatic heterocycles. The van der Waals surface area contributed by atoms with E-state index in [0.29, 0.717) is 12.5 Å². The van der Waals surface area contributed by atoms with Crippen molar-refractivity contribution in [3.05, 3.63) is 74.3 Å². The van der Waals surface area contributed by atoms with Crippen molar-refractivity contribution < 1.29 is 9.72 Å². The molecular formula is C17H17ClN2O3. The number of hydrogen-bond acceptors (Lipinski definition) is 3. The fourth-order valence-electron chi connectivity index (χ4n) is 2.33. The Balaban J connectivity index is 2.15. The second-order valence-corrected chi connectivity index (χ2v) is 5.87. The number of nitro groups is 1. The number of carbonyl (C=O) groups is 1. The second-order valence-electron chi connectivity index (χ2n) is 5.46. The highest BCUT2D eigenvalue weighted by atomic mass is 35.5. The molecule has 0 fully saturated rings. The normalized spacial score (nSPS) is 10.6. The van der Waals surface area contributed by atoms with Crippen LogP contribution in [0.2, 0.25) is 5.02 Å². The maximum Gasteiger partial charge on any atom is 0.288 e. The fraction of sp³-hybridized carbons (Fsp3) is 0.235. The fourth-order valence-corrected chi connectivity index (χ4v) is 2.52. The van der Waals surface area contributed by atoms with E-state index in [1.165, 1.54) is 18.2 Å². The standard InChI is InChI=1S/C17H17ClN2O3/c1-11(2)14-6-4-3-5-13(14)10-19-17(21)12-7-8-15(18)16(9-12)20(22)23/h3-9,11H,10H2,1-2H3,(H,19,21). The number of amides is 1. The van der Waals surface area contributed by atoms with Crippen LogP contribution < -0.4 is 5.32 Å². The van der Waals surface area contributed by atoms with Crippen LogP contribution in [0.1, 0.15) is 41.3 Å². The predicted molar refractivity (Wildman–Crippen MR) is 89.8 cm³/mol. The van der Waals surface area contributed by atoms with Gasteiger partial charge in [0.15, 0.2) is 0 Å². The lowest BCUT2D eigenvalue weighted by Gasteiger charge is -2.13. The molecule has 0 atom stereocenters. The van der Waals surface area contributed by atoms with Crippen LogP contribution in [-0.4, -0.2) is 10.8 Å². The summed E-state index contributed by atoms with van der Waals surface area (Å²) in [6.07, 6.45) is 0. The summed E-state index contributed by atoms with van der Waals surface area (Å²) in [7, 11) is 0. The van der Waals surface area contributed by atoms with Crippen molar-refractivity contribution in [2.24, 2.45) is 0 Å². The number of nitrogens with one attached hydrogen (secondary N) is 1. The number of nitrogens with zero attached hydrogens (tertiary/aromatic N) is 1. The zero-order valence-corrected chi connectivity index (χ0v) is 13.6. The molecule has 120 valence electrons. The van der Waals surface area contributed by atoms with Gasteiger partial charge < -0.3 is 5.32 Å². The van der Waals surface area contributed by atoms with Crippen LogP contribution in [-0.2, 0) is 6.54 Å². The summed E-state index contributed by atoms with van der Waals surface area (Å²) in [5.41, 5.74) is 2.12. The maximum atomic E-state index is 12.2. The molecule has 23 heavy (non-hydrogen) atoms. The minimum atomic E-state index is -0.604. The molecule has 0 heterocycles. The van der Waals surface area contributed by atoms with E-state index >= 15 is 0 Å². The molecule has 0 radical (unpaired) electrons. The third-order valence-corrected chi connectivity index (χ3v) is 3.84. The average molecular weight is 333 g/mol. The molecular weight excluding hydrogens is 316 g/mol. The monoisotopic (exact) mass is 332 g/mol. The zero-order chi connectivity index (χ0) is 17.0. The van der Waals surface area contributed by atoms with Crippen molar-refractivity contribution in [2.45, 2.75) is 26.3 Å². The molecule has 5 nitrogen and oxygen atoms in total. The molecule has 2 rings (SSSR count). The highest BCUT2D eigenvalue weighted by Crippen LogP contribution is 2.25. The third kappa shape index (κ3) is 4.07. The summed E-state index contributed by atoms with van der Waals surface area (Å²) in [6, 6.07) is 11.9. The molecule has 1 amide bonds. The number of nitro benzene ring substituents is 1. The Bertz CT molecular complexity index is 744. The van der Waals surface area contributed by atoms with Crippen molar-refractivity contribution in [1.29, 1.82) is 0 Å². The van der Waals surface area contributed by atoms with Crippen LogP contribution in [0.5, 0.6) is 0 Å². The van der Waals surface area contributed by atoms with Gasteiger partial charge >= 0.3 is 0 Å². The van der Waals surface area contributed by atoms with Gasteiger partial charge in [-0.15, -0.1) is 0 Å². The molecule has 6 heteroatoms. The average Bonchev–Trinajstić information content (AvgIpc) is 2.52. The van der Waals surface area contributed by atoms with Crippen molar-refractivity contribution in [3.8, 4) is 0 Å². The van der Waals surface area contributed by atoms with Gasteiger partial charge in [0.05, 0.1) is 4.92 Å². The van der Waals surface area contributed by atoms with Crippen LogP contribution in [0.25, 0.3) is 0 Å². The van der Waals surface area contributed by atoms with E-state index in [2.05, 4.69) is 19.2 Å². The minimum absolute atomic E-state index is 0.0108. The first-order valence-corrected chi connectivity index (χ1v) is 7.58. The van der Waals surface area contributed by atoms with E-state index < -0.39 is 4.92 Å². The van der Waals surface area contributed by atoms with Crippen LogP contribution in [0.4, 0.5) is 5.69 Å². The van der Waals surface area contributed by atoms with Gasteiger partial charge in [-0.2, -0.15) is 0 Å². The van der Waals surface area contributed by atoms with Gasteiger partial charge in [-0.3, -0.25) is 14.9 Å². The van der Waals surface area contributed by atoms with E-state index in [9.17, 15) is 14.9 Å². The Kier molecular flexibility index (Phi) is 5.34. The molecule has 0 unspecified atom stereocenters. The van der Waals surface area contributed by atoms with Gasteiger partial charge in [0.2, 0.25) is 0 Å². The summed E-state index contributed by atoms with van der Waals surface area (Å²) in [5.74, 6) is -0.0250. The van der Waals surface area contributed by atoms with Crippen molar-refractivity contribution in [3.63, 3.8) is 0 Å². The van der Waals surface area contributed by atoms with Gasteiger partial charge in [-0.05, 0) is 29.2 Å². The van der Waals surface area contributed by atoms with Gasteiger partial charge in [-0.1, -0.05) is 49.7 Å². The molecule has 0 saturated heterocycles. The minimum Gasteiger partial charge on any atom is -0.348 e. The number of benzene rings is 2. The molecule has 0 bridgehead atoms. The van der Waals surface area contributed by atoms with Gasteiger partial charge in [0.1, 0.15) is 5.02 Å². The van der Waals surface area contributed by atoms with Gasteiger partial charge in [0, 0.05) is 18.2 Å². The third-order valence-electron chi connectivity index (χ3n) is 3.52. The SMILES string of the molecule is CC(C)c1ccccc1CNC(=O)c1ccc(Cl)c([N+](=O)[O-])c1. The van der Waals surface area contributed by atoms with Gasteiger partial charge in [0.25, 0.3) is 11.6 Å². The number of rotatable bonds is 5. The molecule has 0 saturated carbocycles. The van der Waals surface area contributed by atoms with Crippen LogP contribution in [0.15, 0.2) is 42.5 Å². The quantitative estimate of drug-likeness (QED) is 0.655. The van der Waals surface area contributed by atoms with Crippen LogP contribution in [0, 0.1) is 10.1 Å². The van der Waals surface area contributed by atoms with Crippen molar-refractivity contribution >= 4 is 23.2 Å². The smallest absolute Gasteiger partial charge is 0.288 e. The first-order valence-electron chi connectivity index (χ1n) is 7.20. The highest BCUT2D eigenvalue weighted by molar-refractivity contribution is 6.32. The van der Waals surface area contributed by atoms with Gasteiger partial charge in [-0.25, -0.2) is 0 Å². The van der Waals surface area contributed by atoms with E-state index in [1.807, 2.05) is 24.3 Å². The van der Waals surface area contributed by atoms with E-state index in [0.717, 1.165) is 11.1 Å². The Morgan fingerprint density at radius 2 is 1.96 bits per heavy atom. The summed E-state index contributed by atoms with van der Waals surface area (Å²) in [5, 5.41) is 13.7. The molecule has 0 aliphatic heterocycles. The molecule has 0 aliphatic carbocycles. The number of halogens is 1. The molecule has 0 spiro atoms. The lowest BCUT2D eigenvalue weighted by Crippen LogP contribution is -2.23. The number of hydrogen-bond donors (Lipinski definition) is 1. The largest absolute Gasteiger partial charge is 0.348 e. The first-order chi connectivity index (χ1) is 10.9. The molecule has 1 N–H and O–H groups in total. The summed E-state index contributed by atoms with van der Waals surface area (Å²) < 4.78 is 0. The highest BCUT2D eigenvalue weighted by Gasteiger charge is 2.16. The van der Waals surface area contributed by atoms with E-state index in [4.69, 9.17) is 11.6 Å². The number of carbonyl (C=O) groups excluding carboxylic acids is 1. The van der Waals surface area contributed by atoms with E-state index in [-0.39, 0.29) is 22.2 Å². The first kappa shape index (κ1) is 17.0.